The molecule has 0 radical (unpaired) electrons. The number of aliphatic hydroxyl groups is 1. The molecular formula is C21H30O4. The van der Waals surface area contributed by atoms with E-state index in [2.05, 4.69) is 13.8 Å². The number of hydrogen-bond acceptors (Lipinski definition) is 4. The summed E-state index contributed by atoms with van der Waals surface area (Å²) in [5.41, 5.74) is 2.31. The summed E-state index contributed by atoms with van der Waals surface area (Å²) in [5, 5.41) is 11.1. The van der Waals surface area contributed by atoms with Crippen molar-refractivity contribution in [2.45, 2.75) is 84.3 Å². The van der Waals surface area contributed by atoms with Gasteiger partial charge in [0.2, 0.25) is 0 Å². The molecule has 0 aromatic heterocycles. The average molecular weight is 346 g/mol. The lowest BCUT2D eigenvalue weighted by molar-refractivity contribution is -0.159. The van der Waals surface area contributed by atoms with Gasteiger partial charge in [-0.3, -0.25) is 9.59 Å². The van der Waals surface area contributed by atoms with Crippen molar-refractivity contribution in [2.24, 2.45) is 22.7 Å². The molecule has 3 saturated carbocycles. The Balaban J connectivity index is 1.66. The Morgan fingerprint density at radius 3 is 2.68 bits per heavy atom. The smallest absolute Gasteiger partial charge is 0.302 e. The number of ketones is 1. The molecule has 0 unspecified atom stereocenters. The molecule has 4 rings (SSSR count). The van der Waals surface area contributed by atoms with E-state index in [0.717, 1.165) is 38.5 Å². The largest absolute Gasteiger partial charge is 0.463 e. The maximum Gasteiger partial charge on any atom is 0.302 e. The molecule has 138 valence electrons. The fourth-order valence-corrected chi connectivity index (χ4v) is 6.58. The van der Waals surface area contributed by atoms with Gasteiger partial charge in [-0.15, -0.1) is 0 Å². The molecule has 0 saturated heterocycles. The summed E-state index contributed by atoms with van der Waals surface area (Å²) < 4.78 is 5.48. The molecule has 0 heterocycles. The highest BCUT2D eigenvalue weighted by atomic mass is 16.5. The number of carbonyl (C=O) groups excluding carboxylic acids is 2. The molecule has 0 aliphatic heterocycles. The van der Waals surface area contributed by atoms with Crippen molar-refractivity contribution in [2.75, 3.05) is 0 Å². The first-order valence-electron chi connectivity index (χ1n) is 9.86. The summed E-state index contributed by atoms with van der Waals surface area (Å²) in [6, 6.07) is 0. The number of fused-ring (bicyclic) bond motifs is 4. The highest BCUT2D eigenvalue weighted by Gasteiger charge is 2.57. The van der Waals surface area contributed by atoms with Crippen LogP contribution < -0.4 is 0 Å². The number of ether oxygens (including phenoxy) is 1. The van der Waals surface area contributed by atoms with Crippen LogP contribution in [0.5, 0.6) is 0 Å². The predicted octanol–water partition coefficient (Wildman–Crippen LogP) is 3.56. The van der Waals surface area contributed by atoms with Crippen LogP contribution in [-0.4, -0.2) is 29.1 Å². The molecule has 4 nitrogen and oxygen atoms in total. The summed E-state index contributed by atoms with van der Waals surface area (Å²) in [7, 11) is 0. The van der Waals surface area contributed by atoms with Crippen LogP contribution in [0.4, 0.5) is 0 Å². The number of hydrogen-bond donors (Lipinski definition) is 1. The van der Waals surface area contributed by atoms with Crippen LogP contribution in [0.25, 0.3) is 0 Å². The van der Waals surface area contributed by atoms with Crippen molar-refractivity contribution in [1.82, 2.24) is 0 Å². The van der Waals surface area contributed by atoms with Gasteiger partial charge < -0.3 is 9.84 Å². The van der Waals surface area contributed by atoms with E-state index in [-0.39, 0.29) is 22.9 Å². The van der Waals surface area contributed by atoms with E-state index in [4.69, 9.17) is 4.74 Å². The van der Waals surface area contributed by atoms with Crippen LogP contribution >= 0.6 is 0 Å². The Bertz CT molecular complexity index is 650. The van der Waals surface area contributed by atoms with Crippen LogP contribution in [0.15, 0.2) is 11.1 Å². The van der Waals surface area contributed by atoms with E-state index < -0.39 is 6.10 Å². The lowest BCUT2D eigenvalue weighted by atomic mass is 9.50. The second-order valence-electron chi connectivity index (χ2n) is 9.25. The van der Waals surface area contributed by atoms with Crippen molar-refractivity contribution < 1.29 is 19.4 Å². The Labute approximate surface area is 150 Å². The molecule has 0 amide bonds. The lowest BCUT2D eigenvalue weighted by Crippen LogP contribution is -2.54. The van der Waals surface area contributed by atoms with Gasteiger partial charge in [-0.1, -0.05) is 18.1 Å². The van der Waals surface area contributed by atoms with Gasteiger partial charge in [0.25, 0.3) is 0 Å². The van der Waals surface area contributed by atoms with Crippen molar-refractivity contribution in [1.29, 1.82) is 0 Å². The number of rotatable bonds is 1. The first-order chi connectivity index (χ1) is 11.8. The van der Waals surface area contributed by atoms with Gasteiger partial charge in [-0.2, -0.15) is 0 Å². The van der Waals surface area contributed by atoms with Crippen molar-refractivity contribution in [3.8, 4) is 0 Å². The third-order valence-electron chi connectivity index (χ3n) is 7.98. The maximum absolute atomic E-state index is 12.4. The van der Waals surface area contributed by atoms with Crippen LogP contribution in [0.2, 0.25) is 0 Å². The summed E-state index contributed by atoms with van der Waals surface area (Å²) in [6.07, 6.45) is 6.47. The molecule has 6 atom stereocenters. The molecule has 25 heavy (non-hydrogen) atoms. The minimum Gasteiger partial charge on any atom is -0.463 e. The maximum atomic E-state index is 12.4. The number of carbonyl (C=O) groups is 2. The van der Waals surface area contributed by atoms with Crippen molar-refractivity contribution in [3.05, 3.63) is 11.1 Å². The second-order valence-corrected chi connectivity index (χ2v) is 9.25. The molecule has 1 N–H and O–H groups in total. The topological polar surface area (TPSA) is 63.6 Å². The molecule has 0 bridgehead atoms. The third kappa shape index (κ3) is 2.43. The summed E-state index contributed by atoms with van der Waals surface area (Å²) in [5.74, 6) is 1.11. The zero-order chi connectivity index (χ0) is 18.0. The molecular weight excluding hydrogens is 316 g/mol. The highest BCUT2D eigenvalue weighted by Crippen LogP contribution is 2.61. The van der Waals surface area contributed by atoms with Gasteiger partial charge in [0.1, 0.15) is 11.9 Å². The fraction of sp³-hybridized carbons (Fsp3) is 0.810. The Kier molecular flexibility index (Phi) is 3.91. The normalized spacial score (nSPS) is 46.3. The van der Waals surface area contributed by atoms with Gasteiger partial charge in [-0.25, -0.2) is 0 Å². The number of Topliss-reactive ketones (excluding diaryl/α,β-unsaturated/α-hetero) is 1. The predicted molar refractivity (Wildman–Crippen MR) is 93.7 cm³/mol. The Hall–Kier alpha value is -1.16. The average Bonchev–Trinajstić information content (AvgIpc) is 2.83. The molecule has 0 aromatic rings. The van der Waals surface area contributed by atoms with Crippen molar-refractivity contribution >= 4 is 11.8 Å². The molecule has 4 aliphatic carbocycles. The van der Waals surface area contributed by atoms with Gasteiger partial charge in [0.05, 0.1) is 6.10 Å². The van der Waals surface area contributed by atoms with E-state index in [9.17, 15) is 14.7 Å². The van der Waals surface area contributed by atoms with Gasteiger partial charge in [0, 0.05) is 24.2 Å². The molecule has 0 spiro atoms. The van der Waals surface area contributed by atoms with Crippen LogP contribution in [0, 0.1) is 22.7 Å². The quantitative estimate of drug-likeness (QED) is 0.582. The Morgan fingerprint density at radius 1 is 1.20 bits per heavy atom. The number of esters is 1. The van der Waals surface area contributed by atoms with Crippen LogP contribution in [0.3, 0.4) is 0 Å². The summed E-state index contributed by atoms with van der Waals surface area (Å²) in [6.45, 7) is 5.78. The molecule has 3 fully saturated rings. The monoisotopic (exact) mass is 346 g/mol. The minimum atomic E-state index is -0.410. The first kappa shape index (κ1) is 17.3. The standard InChI is InChI=1S/C21H30O4/c1-12(22)25-13-4-5-16-14-8-9-20(2)17(6-7-18(20)23)15(14)10-19(24)21(16,3)11-13/h13-14,16,19,24H,4-11H2,1-3H3/t13-,14+,16-,19+,20-,21+/m0/s1. The van der Waals surface area contributed by atoms with Crippen molar-refractivity contribution in [3.63, 3.8) is 0 Å². The minimum absolute atomic E-state index is 0.0653. The fourth-order valence-electron chi connectivity index (χ4n) is 6.58. The number of allylic oxidation sites excluding steroid dienone is 1. The van der Waals surface area contributed by atoms with E-state index >= 15 is 0 Å². The summed E-state index contributed by atoms with van der Waals surface area (Å²) in [4.78, 5) is 23.8. The van der Waals surface area contributed by atoms with E-state index in [0.29, 0.717) is 30.5 Å². The van der Waals surface area contributed by atoms with Gasteiger partial charge in [-0.05, 0) is 63.7 Å². The lowest BCUT2D eigenvalue weighted by Gasteiger charge is -2.56. The van der Waals surface area contributed by atoms with E-state index in [1.165, 1.54) is 18.1 Å². The Morgan fingerprint density at radius 2 is 1.96 bits per heavy atom. The van der Waals surface area contributed by atoms with Gasteiger partial charge >= 0.3 is 5.97 Å². The molecule has 0 aromatic carbocycles. The first-order valence-corrected chi connectivity index (χ1v) is 9.86. The van der Waals surface area contributed by atoms with Gasteiger partial charge in [0.15, 0.2) is 0 Å². The SMILES string of the molecule is CC(=O)O[C@H]1CC[C@H]2[C@@H]3CC[C@]4(C)C(=O)CCC4=C3C[C@@H](O)[C@]2(C)C1. The number of aliphatic hydroxyl groups excluding tert-OH is 1. The van der Waals surface area contributed by atoms with E-state index in [1.54, 1.807) is 0 Å². The van der Waals surface area contributed by atoms with Crippen LogP contribution in [-0.2, 0) is 14.3 Å². The van der Waals surface area contributed by atoms with E-state index in [1.807, 2.05) is 0 Å². The highest BCUT2D eigenvalue weighted by molar-refractivity contribution is 5.91. The summed E-state index contributed by atoms with van der Waals surface area (Å²) >= 11 is 0. The second kappa shape index (κ2) is 5.67. The molecule has 4 aliphatic rings. The third-order valence-corrected chi connectivity index (χ3v) is 7.98. The zero-order valence-corrected chi connectivity index (χ0v) is 15.6. The molecule has 4 heteroatoms. The van der Waals surface area contributed by atoms with Crippen LogP contribution in [0.1, 0.15) is 72.1 Å². The zero-order valence-electron chi connectivity index (χ0n) is 15.6.